The number of hydrogen-bond donors (Lipinski definition) is 2. The Hall–Kier alpha value is -1.06. The molecule has 2 rings (SSSR count). The van der Waals surface area contributed by atoms with Gasteiger partial charge in [-0.1, -0.05) is 18.6 Å². The van der Waals surface area contributed by atoms with E-state index in [4.69, 9.17) is 4.74 Å². The third kappa shape index (κ3) is 2.99. The minimum atomic E-state index is -0.118. The second-order valence-electron chi connectivity index (χ2n) is 4.85. The van der Waals surface area contributed by atoms with Crippen LogP contribution < -0.4 is 10.1 Å². The molecule has 3 nitrogen and oxygen atoms in total. The molecule has 0 aliphatic carbocycles. The fourth-order valence-electron chi connectivity index (χ4n) is 2.51. The van der Waals surface area contributed by atoms with E-state index in [-0.39, 0.29) is 12.1 Å². The molecule has 0 bridgehead atoms. The van der Waals surface area contributed by atoms with Crippen molar-refractivity contribution in [2.45, 2.75) is 31.2 Å². The van der Waals surface area contributed by atoms with Crippen LogP contribution in [0.5, 0.6) is 5.75 Å². The second kappa shape index (κ2) is 5.52. The predicted molar refractivity (Wildman–Crippen MR) is 68.4 cm³/mol. The van der Waals surface area contributed by atoms with Crippen LogP contribution in [0.3, 0.4) is 0 Å². The molecule has 1 heterocycles. The van der Waals surface area contributed by atoms with E-state index >= 15 is 0 Å². The number of rotatable bonds is 4. The van der Waals surface area contributed by atoms with Gasteiger partial charge in [-0.3, -0.25) is 0 Å². The van der Waals surface area contributed by atoms with E-state index in [0.29, 0.717) is 0 Å². The van der Waals surface area contributed by atoms with Crippen LogP contribution in [0.25, 0.3) is 0 Å². The topological polar surface area (TPSA) is 41.5 Å². The third-order valence-corrected chi connectivity index (χ3v) is 3.59. The molecule has 1 atom stereocenters. The predicted octanol–water partition coefficient (Wildman–Crippen LogP) is 1.74. The van der Waals surface area contributed by atoms with Gasteiger partial charge in [-0.25, -0.2) is 0 Å². The minimum Gasteiger partial charge on any atom is -0.497 e. The summed E-state index contributed by atoms with van der Waals surface area (Å²) in [5.74, 6) is 0.878. The van der Waals surface area contributed by atoms with Crippen molar-refractivity contribution in [3.05, 3.63) is 29.8 Å². The zero-order chi connectivity index (χ0) is 12.1. The molecule has 1 aliphatic heterocycles. The largest absolute Gasteiger partial charge is 0.497 e. The van der Waals surface area contributed by atoms with E-state index < -0.39 is 0 Å². The van der Waals surface area contributed by atoms with Gasteiger partial charge >= 0.3 is 0 Å². The number of benzene rings is 1. The van der Waals surface area contributed by atoms with E-state index in [2.05, 4.69) is 17.4 Å². The summed E-state index contributed by atoms with van der Waals surface area (Å²) < 4.78 is 5.15. The molecule has 1 saturated heterocycles. The van der Waals surface area contributed by atoms with Crippen LogP contribution in [0.2, 0.25) is 0 Å². The van der Waals surface area contributed by atoms with Crippen LogP contribution in [-0.2, 0) is 6.42 Å². The van der Waals surface area contributed by atoms with E-state index in [1.165, 1.54) is 18.4 Å². The molecule has 1 aromatic carbocycles. The molecule has 0 spiro atoms. The van der Waals surface area contributed by atoms with Gasteiger partial charge in [0.15, 0.2) is 0 Å². The highest BCUT2D eigenvalue weighted by Gasteiger charge is 2.30. The number of hydrogen-bond acceptors (Lipinski definition) is 3. The molecule has 2 N–H and O–H groups in total. The number of ether oxygens (including phenoxy) is 1. The summed E-state index contributed by atoms with van der Waals surface area (Å²) in [6.45, 7) is 1.22. The van der Waals surface area contributed by atoms with E-state index in [1.807, 2.05) is 12.1 Å². The molecule has 1 unspecified atom stereocenters. The quantitative estimate of drug-likeness (QED) is 0.835. The van der Waals surface area contributed by atoms with E-state index in [1.54, 1.807) is 7.11 Å². The molecule has 17 heavy (non-hydrogen) atoms. The molecule has 94 valence electrons. The Kier molecular flexibility index (Phi) is 4.02. The Morgan fingerprint density at radius 3 is 2.59 bits per heavy atom. The van der Waals surface area contributed by atoms with Crippen molar-refractivity contribution in [1.82, 2.24) is 5.32 Å². The van der Waals surface area contributed by atoms with Crippen molar-refractivity contribution in [2.75, 3.05) is 20.3 Å². The Labute approximate surface area is 103 Å². The molecule has 0 saturated carbocycles. The smallest absolute Gasteiger partial charge is 0.118 e. The maximum atomic E-state index is 9.62. The van der Waals surface area contributed by atoms with Gasteiger partial charge in [-0.05, 0) is 43.5 Å². The molecule has 0 amide bonds. The molecular weight excluding hydrogens is 214 g/mol. The summed E-state index contributed by atoms with van der Waals surface area (Å²) in [4.78, 5) is 0. The summed E-state index contributed by atoms with van der Waals surface area (Å²) in [5, 5.41) is 13.1. The van der Waals surface area contributed by atoms with Crippen molar-refractivity contribution in [2.24, 2.45) is 0 Å². The lowest BCUT2D eigenvalue weighted by Crippen LogP contribution is -2.53. The summed E-state index contributed by atoms with van der Waals surface area (Å²) in [5.41, 5.74) is 1.13. The number of piperidine rings is 1. The zero-order valence-electron chi connectivity index (χ0n) is 10.4. The zero-order valence-corrected chi connectivity index (χ0v) is 10.4. The maximum absolute atomic E-state index is 9.62. The first-order valence-corrected chi connectivity index (χ1v) is 6.27. The number of nitrogens with one attached hydrogen (secondary N) is 1. The van der Waals surface area contributed by atoms with Crippen molar-refractivity contribution in [3.63, 3.8) is 0 Å². The van der Waals surface area contributed by atoms with Gasteiger partial charge in [0, 0.05) is 5.54 Å². The van der Waals surface area contributed by atoms with Gasteiger partial charge in [0.1, 0.15) is 5.75 Å². The molecular formula is C14H21NO2. The van der Waals surface area contributed by atoms with Gasteiger partial charge < -0.3 is 15.2 Å². The third-order valence-electron chi connectivity index (χ3n) is 3.59. The minimum absolute atomic E-state index is 0.118. The number of methoxy groups -OCH3 is 1. The Morgan fingerprint density at radius 2 is 2.06 bits per heavy atom. The van der Waals surface area contributed by atoms with Gasteiger partial charge in [0.2, 0.25) is 0 Å². The monoisotopic (exact) mass is 235 g/mol. The van der Waals surface area contributed by atoms with Crippen LogP contribution in [-0.4, -0.2) is 30.9 Å². The van der Waals surface area contributed by atoms with Crippen LogP contribution in [0.4, 0.5) is 0 Å². The summed E-state index contributed by atoms with van der Waals surface area (Å²) in [7, 11) is 1.67. The molecule has 1 fully saturated rings. The van der Waals surface area contributed by atoms with Crippen molar-refractivity contribution < 1.29 is 9.84 Å². The first-order chi connectivity index (χ1) is 8.28. The molecule has 0 aromatic heterocycles. The summed E-state index contributed by atoms with van der Waals surface area (Å²) >= 11 is 0. The Balaban J connectivity index is 2.06. The summed E-state index contributed by atoms with van der Waals surface area (Å²) in [6.07, 6.45) is 4.34. The number of aliphatic hydroxyl groups excluding tert-OH is 1. The van der Waals surface area contributed by atoms with Crippen LogP contribution in [0, 0.1) is 0 Å². The van der Waals surface area contributed by atoms with E-state index in [9.17, 15) is 5.11 Å². The van der Waals surface area contributed by atoms with Crippen molar-refractivity contribution in [3.8, 4) is 5.75 Å². The Morgan fingerprint density at radius 1 is 1.29 bits per heavy atom. The lowest BCUT2D eigenvalue weighted by atomic mass is 9.84. The Bertz CT molecular complexity index is 342. The van der Waals surface area contributed by atoms with E-state index in [0.717, 1.165) is 25.1 Å². The second-order valence-corrected chi connectivity index (χ2v) is 4.85. The first-order valence-electron chi connectivity index (χ1n) is 6.27. The SMILES string of the molecule is COc1ccc(CC2(CO)CCCCN2)cc1. The van der Waals surface area contributed by atoms with Gasteiger partial charge in [0.25, 0.3) is 0 Å². The highest BCUT2D eigenvalue weighted by molar-refractivity contribution is 5.28. The molecule has 1 aliphatic rings. The lowest BCUT2D eigenvalue weighted by Gasteiger charge is -2.37. The first kappa shape index (κ1) is 12.4. The normalized spacial score (nSPS) is 24.6. The van der Waals surface area contributed by atoms with Crippen molar-refractivity contribution in [1.29, 1.82) is 0 Å². The van der Waals surface area contributed by atoms with Gasteiger partial charge in [0.05, 0.1) is 13.7 Å². The van der Waals surface area contributed by atoms with Crippen LogP contribution in [0.15, 0.2) is 24.3 Å². The average Bonchev–Trinajstić information content (AvgIpc) is 2.41. The molecule has 3 heteroatoms. The highest BCUT2D eigenvalue weighted by atomic mass is 16.5. The standard InChI is InChI=1S/C14H21NO2/c1-17-13-6-4-12(5-7-13)10-14(11-16)8-2-3-9-15-14/h4-7,15-16H,2-3,8-11H2,1H3. The molecule has 1 aromatic rings. The lowest BCUT2D eigenvalue weighted by molar-refractivity contribution is 0.131. The van der Waals surface area contributed by atoms with Crippen molar-refractivity contribution >= 4 is 0 Å². The van der Waals surface area contributed by atoms with Gasteiger partial charge in [-0.2, -0.15) is 0 Å². The average molecular weight is 235 g/mol. The van der Waals surface area contributed by atoms with Crippen LogP contribution >= 0.6 is 0 Å². The highest BCUT2D eigenvalue weighted by Crippen LogP contribution is 2.24. The maximum Gasteiger partial charge on any atom is 0.118 e. The summed E-state index contributed by atoms with van der Waals surface area (Å²) in [6, 6.07) is 8.10. The fourth-order valence-corrected chi connectivity index (χ4v) is 2.51. The van der Waals surface area contributed by atoms with Gasteiger partial charge in [-0.15, -0.1) is 0 Å². The molecule has 0 radical (unpaired) electrons. The number of aliphatic hydroxyl groups is 1. The fraction of sp³-hybridized carbons (Fsp3) is 0.571. The van der Waals surface area contributed by atoms with Crippen LogP contribution in [0.1, 0.15) is 24.8 Å².